The van der Waals surface area contributed by atoms with E-state index in [0.717, 1.165) is 0 Å². The van der Waals surface area contributed by atoms with Crippen LogP contribution in [-0.4, -0.2) is 0 Å². The molecule has 1 nitrogen and oxygen atoms in total. The molecule has 0 saturated heterocycles. The topological polar surface area (TPSA) is 9.23 Å². The highest BCUT2D eigenvalue weighted by Crippen LogP contribution is 2.15. The summed E-state index contributed by atoms with van der Waals surface area (Å²) < 4.78 is 14.4. The Hall–Kier alpha value is 1.05. The van der Waals surface area contributed by atoms with Crippen LogP contribution in [0.2, 0.25) is 0 Å². The van der Waals surface area contributed by atoms with Crippen molar-refractivity contribution in [1.82, 2.24) is 0 Å². The molecular weight excluding hydrogens is 193 g/mol. The average Bonchev–Trinajstić information content (AvgIpc) is 1.37. The minimum Gasteiger partial charge on any atom is -0.262 e. The van der Waals surface area contributed by atoms with E-state index in [9.17, 15) is 4.20 Å². The van der Waals surface area contributed by atoms with Crippen LogP contribution < -0.4 is 0 Å². The number of hydrogen-bond donors (Lipinski definition) is 0. The first-order chi connectivity index (χ1) is 1.91. The van der Waals surface area contributed by atoms with Crippen LogP contribution in [0.25, 0.3) is 0 Å². The number of rotatable bonds is 1. The maximum atomic E-state index is 10.5. The standard InChI is InChI=1S/FHIOP/c1-4-3-2/h4H. The third kappa shape index (κ3) is 3.05. The van der Waals surface area contributed by atoms with Crippen molar-refractivity contribution in [2.45, 2.75) is 0 Å². The van der Waals surface area contributed by atoms with Gasteiger partial charge in [-0.3, -0.25) is 2.85 Å². The van der Waals surface area contributed by atoms with Gasteiger partial charge in [-0.25, -0.2) is 0 Å². The van der Waals surface area contributed by atoms with Crippen molar-refractivity contribution in [3.05, 3.63) is 0 Å². The molecule has 4 heavy (non-hydrogen) atoms. The first kappa shape index (κ1) is 5.05. The van der Waals surface area contributed by atoms with E-state index in [2.05, 4.69) is 2.85 Å². The fraction of sp³-hybridized carbons (Fsp3) is 0. The second-order valence-electron chi connectivity index (χ2n) is 0.154. The molecule has 0 aliphatic heterocycles. The lowest BCUT2D eigenvalue weighted by Crippen LogP contribution is -1.22. The highest BCUT2D eigenvalue weighted by Gasteiger charge is 1.61. The smallest absolute Gasteiger partial charge is 0.216 e. The molecule has 0 spiro atoms. The van der Waals surface area contributed by atoms with Gasteiger partial charge in [0.25, 0.3) is 0 Å². The summed E-state index contributed by atoms with van der Waals surface area (Å²) in [6.45, 7) is 0. The Bertz CT molecular complexity index is 10.0. The summed E-state index contributed by atoms with van der Waals surface area (Å²) in [5.41, 5.74) is 0. The Morgan fingerprint density at radius 2 is 2.25 bits per heavy atom. The van der Waals surface area contributed by atoms with E-state index in [-0.39, 0.29) is 0 Å². The minimum atomic E-state index is -0.873. The molecule has 0 rings (SSSR count). The molecule has 4 heteroatoms. The maximum absolute atomic E-state index is 10.5. The molecule has 26 valence electrons. The van der Waals surface area contributed by atoms with Gasteiger partial charge in [-0.05, 0) is 0 Å². The van der Waals surface area contributed by atoms with Gasteiger partial charge in [0, 0.05) is 0 Å². The Morgan fingerprint density at radius 1 is 2.00 bits per heavy atom. The first-order valence-electron chi connectivity index (χ1n) is 0.547. The number of halogens is 2. The molecule has 0 aliphatic carbocycles. The predicted molar refractivity (Wildman–Crippen MR) is 24.5 cm³/mol. The molecule has 0 N–H and O–H groups in total. The largest absolute Gasteiger partial charge is 0.262 e. The van der Waals surface area contributed by atoms with Crippen molar-refractivity contribution in [1.29, 1.82) is 0 Å². The Labute approximate surface area is 39.6 Å². The summed E-state index contributed by atoms with van der Waals surface area (Å²) in [6, 6.07) is 0. The molecule has 0 radical (unpaired) electrons. The highest BCUT2D eigenvalue weighted by atomic mass is 127. The maximum Gasteiger partial charge on any atom is 0.216 e. The third-order valence-corrected chi connectivity index (χ3v) is 0.587. The van der Waals surface area contributed by atoms with Gasteiger partial charge in [0.1, 0.15) is 23.0 Å². The van der Waals surface area contributed by atoms with Gasteiger partial charge < -0.3 is 0 Å². The zero-order valence-electron chi connectivity index (χ0n) is 1.66. The van der Waals surface area contributed by atoms with Crippen molar-refractivity contribution in [3.8, 4) is 0 Å². The molecular formula is HFIOP. The lowest BCUT2D eigenvalue weighted by atomic mass is 15.9. The van der Waals surface area contributed by atoms with Gasteiger partial charge >= 0.3 is 0 Å². The molecule has 0 aromatic carbocycles. The zero-order chi connectivity index (χ0) is 3.41. The molecule has 1 atom stereocenters. The van der Waals surface area contributed by atoms with Crippen LogP contribution in [0.15, 0.2) is 0 Å². The van der Waals surface area contributed by atoms with Gasteiger partial charge in [0.15, 0.2) is 0 Å². The molecule has 0 saturated carbocycles. The lowest BCUT2D eigenvalue weighted by Gasteiger charge is -1.66. The first-order valence-corrected chi connectivity index (χ1v) is 2.21. The minimum absolute atomic E-state index is 0.873. The summed E-state index contributed by atoms with van der Waals surface area (Å²) in [5.74, 6) is 0. The van der Waals surface area contributed by atoms with Gasteiger partial charge in [0.05, 0.1) is 0 Å². The van der Waals surface area contributed by atoms with Crippen molar-refractivity contribution in [2.24, 2.45) is 0 Å². The molecule has 0 amide bonds. The monoisotopic (exact) mass is 194 g/mol. The van der Waals surface area contributed by atoms with Gasteiger partial charge in [-0.1, -0.05) is 0 Å². The number of hydrogen-bond acceptors (Lipinski definition) is 1. The molecule has 0 aliphatic rings. The van der Waals surface area contributed by atoms with Crippen LogP contribution in [0.5, 0.6) is 0 Å². The molecule has 0 aromatic heterocycles. The van der Waals surface area contributed by atoms with E-state index < -0.39 is 9.12 Å². The zero-order valence-corrected chi connectivity index (χ0v) is 4.82. The summed E-state index contributed by atoms with van der Waals surface area (Å²) in [4.78, 5) is 0. The molecule has 0 heterocycles. The van der Waals surface area contributed by atoms with Crippen molar-refractivity contribution >= 4 is 32.1 Å². The van der Waals surface area contributed by atoms with Gasteiger partial charge in [-0.2, -0.15) is 4.20 Å². The Balaban J connectivity index is 1.97. The van der Waals surface area contributed by atoms with Crippen LogP contribution in [0.1, 0.15) is 0 Å². The fourth-order valence-corrected chi connectivity index (χ4v) is 0. The van der Waals surface area contributed by atoms with E-state index in [1.165, 1.54) is 23.0 Å². The third-order valence-electron chi connectivity index (χ3n) is 0.0292. The SMILES string of the molecule is FPOI. The van der Waals surface area contributed by atoms with E-state index in [1.54, 1.807) is 0 Å². The van der Waals surface area contributed by atoms with E-state index >= 15 is 0 Å². The molecule has 0 bridgehead atoms. The van der Waals surface area contributed by atoms with Gasteiger partial charge in [0.2, 0.25) is 9.12 Å². The Kier molecular flexibility index (Phi) is 5.11. The highest BCUT2D eigenvalue weighted by molar-refractivity contribution is 14.1. The Morgan fingerprint density at radius 3 is 2.25 bits per heavy atom. The normalized spacial score (nSPS) is 10.5. The van der Waals surface area contributed by atoms with Crippen molar-refractivity contribution in [3.63, 3.8) is 0 Å². The van der Waals surface area contributed by atoms with Gasteiger partial charge in [-0.15, -0.1) is 0 Å². The quantitative estimate of drug-likeness (QED) is 0.456. The summed E-state index contributed by atoms with van der Waals surface area (Å²) in [5, 5.41) is 0. The fourth-order valence-electron chi connectivity index (χ4n) is 0. The predicted octanol–water partition coefficient (Wildman–Crippen LogP) is 1.83. The van der Waals surface area contributed by atoms with Crippen LogP contribution >= 0.6 is 32.1 Å². The molecule has 0 fully saturated rings. The van der Waals surface area contributed by atoms with Crippen LogP contribution in [-0.2, 0) is 2.85 Å². The molecule has 0 aromatic rings. The average molecular weight is 194 g/mol. The van der Waals surface area contributed by atoms with Crippen LogP contribution in [0, 0.1) is 0 Å². The van der Waals surface area contributed by atoms with E-state index in [1.807, 2.05) is 0 Å². The van der Waals surface area contributed by atoms with E-state index in [4.69, 9.17) is 0 Å². The van der Waals surface area contributed by atoms with Crippen LogP contribution in [0.3, 0.4) is 0 Å². The molecule has 1 unspecified atom stereocenters. The lowest BCUT2D eigenvalue weighted by molar-refractivity contribution is 0.729. The van der Waals surface area contributed by atoms with Crippen molar-refractivity contribution < 1.29 is 7.05 Å². The second kappa shape index (κ2) is 4.05. The van der Waals surface area contributed by atoms with Crippen molar-refractivity contribution in [2.75, 3.05) is 0 Å². The summed E-state index contributed by atoms with van der Waals surface area (Å²) in [6.07, 6.45) is 0. The summed E-state index contributed by atoms with van der Waals surface area (Å²) >= 11 is 1.49. The second-order valence-corrected chi connectivity index (χ2v) is 1.78. The summed E-state index contributed by atoms with van der Waals surface area (Å²) in [7, 11) is -0.873. The van der Waals surface area contributed by atoms with E-state index in [0.29, 0.717) is 0 Å². The van der Waals surface area contributed by atoms with Crippen LogP contribution in [0.4, 0.5) is 4.20 Å².